The summed E-state index contributed by atoms with van der Waals surface area (Å²) in [6, 6.07) is 13.7. The van der Waals surface area contributed by atoms with E-state index in [0.29, 0.717) is 5.56 Å². The summed E-state index contributed by atoms with van der Waals surface area (Å²) in [4.78, 5) is 66.8. The van der Waals surface area contributed by atoms with E-state index in [0.717, 1.165) is 4.90 Å². The second-order valence-corrected chi connectivity index (χ2v) is 12.3. The van der Waals surface area contributed by atoms with E-state index in [9.17, 15) is 42.2 Å². The SMILES string of the molecule is CC(C)C[C@@H](C(=O)N[C@@H](Cc1ccccc1)C(=O)NCCCS(=O)(=O)[O-])C(CN1C(=O)c2ccccc2C1=O)C(=O)NO.[Na+]. The zero-order chi connectivity index (χ0) is 31.7. The molecular formula is C29H35N4NaO9S. The van der Waals surface area contributed by atoms with Gasteiger partial charge in [-0.25, -0.2) is 13.9 Å². The van der Waals surface area contributed by atoms with E-state index in [-0.39, 0.29) is 72.4 Å². The van der Waals surface area contributed by atoms with Crippen LogP contribution in [0.5, 0.6) is 0 Å². The van der Waals surface area contributed by atoms with Gasteiger partial charge in [0, 0.05) is 25.3 Å². The zero-order valence-corrected chi connectivity index (χ0v) is 27.6. The summed E-state index contributed by atoms with van der Waals surface area (Å²) in [5, 5.41) is 14.7. The number of amides is 5. The number of nitrogens with one attached hydrogen (secondary N) is 3. The summed E-state index contributed by atoms with van der Waals surface area (Å²) >= 11 is 0. The van der Waals surface area contributed by atoms with Gasteiger partial charge in [0.1, 0.15) is 6.04 Å². The molecule has 4 N–H and O–H groups in total. The number of hydroxylamine groups is 1. The molecule has 2 aromatic rings. The average Bonchev–Trinajstić information content (AvgIpc) is 3.20. The van der Waals surface area contributed by atoms with Crippen LogP contribution in [0, 0.1) is 17.8 Å². The normalized spacial score (nSPS) is 14.7. The van der Waals surface area contributed by atoms with Gasteiger partial charge in [0.2, 0.25) is 17.7 Å². The van der Waals surface area contributed by atoms with Crippen LogP contribution < -0.4 is 45.7 Å². The Morgan fingerprint density at radius 1 is 0.886 bits per heavy atom. The molecule has 13 nitrogen and oxygen atoms in total. The van der Waals surface area contributed by atoms with Gasteiger partial charge < -0.3 is 15.2 Å². The van der Waals surface area contributed by atoms with Gasteiger partial charge in [0.05, 0.1) is 33.1 Å². The van der Waals surface area contributed by atoms with Gasteiger partial charge in [-0.3, -0.25) is 34.1 Å². The summed E-state index contributed by atoms with van der Waals surface area (Å²) in [7, 11) is -4.47. The molecule has 0 aromatic heterocycles. The molecular weight excluding hydrogens is 603 g/mol. The van der Waals surface area contributed by atoms with E-state index in [1.807, 2.05) is 0 Å². The van der Waals surface area contributed by atoms with Crippen molar-refractivity contribution < 1.29 is 71.7 Å². The van der Waals surface area contributed by atoms with Crippen molar-refractivity contribution in [1.29, 1.82) is 0 Å². The van der Waals surface area contributed by atoms with Crippen molar-refractivity contribution >= 4 is 39.7 Å². The standard InChI is InChI=1S/C29H36N4O9S.Na/c1-18(2)15-22(23(26(35)32-39)17-33-28(37)20-11-6-7-12-21(20)29(33)38)25(34)31-24(16-19-9-4-3-5-10-19)27(36)30-13-8-14-43(40,41)42;/h3-7,9-12,18,22-24,39H,8,13-17H2,1-2H3,(H,30,36)(H,31,34)(H,32,35)(H,40,41,42);/q;+1/p-1/t22-,23?,24+;/m1./s1. The maximum absolute atomic E-state index is 13.8. The molecule has 5 amide bonds. The largest absolute Gasteiger partial charge is 1.00 e. The summed E-state index contributed by atoms with van der Waals surface area (Å²) in [6.07, 6.45) is 0.0225. The third-order valence-corrected chi connectivity index (χ3v) is 7.83. The molecule has 232 valence electrons. The third-order valence-electron chi connectivity index (χ3n) is 7.04. The Labute approximate surface area is 278 Å². The molecule has 0 saturated carbocycles. The number of carbonyl (C=O) groups excluding carboxylic acids is 5. The summed E-state index contributed by atoms with van der Waals surface area (Å²) in [6.45, 7) is 2.97. The molecule has 0 radical (unpaired) electrons. The van der Waals surface area contributed by atoms with E-state index >= 15 is 0 Å². The predicted octanol–water partition coefficient (Wildman–Crippen LogP) is -2.15. The molecule has 0 spiro atoms. The molecule has 1 heterocycles. The molecule has 3 rings (SSSR count). The van der Waals surface area contributed by atoms with E-state index < -0.39 is 69.8 Å². The van der Waals surface area contributed by atoms with Crippen LogP contribution in [-0.2, 0) is 30.9 Å². The molecule has 0 aliphatic carbocycles. The fourth-order valence-corrected chi connectivity index (χ4v) is 5.46. The molecule has 1 aliphatic rings. The number of rotatable bonds is 15. The minimum atomic E-state index is -4.47. The van der Waals surface area contributed by atoms with E-state index in [2.05, 4.69) is 10.6 Å². The Kier molecular flexibility index (Phi) is 14.1. The van der Waals surface area contributed by atoms with E-state index in [4.69, 9.17) is 0 Å². The molecule has 0 saturated heterocycles. The van der Waals surface area contributed by atoms with Gasteiger partial charge in [-0.1, -0.05) is 56.3 Å². The van der Waals surface area contributed by atoms with Crippen LogP contribution in [-0.4, -0.2) is 77.5 Å². The Morgan fingerprint density at radius 2 is 1.45 bits per heavy atom. The van der Waals surface area contributed by atoms with Crippen LogP contribution in [0.25, 0.3) is 0 Å². The first-order valence-corrected chi connectivity index (χ1v) is 15.3. The van der Waals surface area contributed by atoms with Crippen LogP contribution in [0.15, 0.2) is 54.6 Å². The molecule has 2 aromatic carbocycles. The number of hydrogen-bond acceptors (Lipinski definition) is 9. The van der Waals surface area contributed by atoms with Crippen molar-refractivity contribution in [2.24, 2.45) is 17.8 Å². The second-order valence-electron chi connectivity index (χ2n) is 10.7. The first-order valence-electron chi connectivity index (χ1n) is 13.8. The smallest absolute Gasteiger partial charge is 0.748 e. The van der Waals surface area contributed by atoms with Crippen molar-refractivity contribution in [2.45, 2.75) is 39.2 Å². The first-order chi connectivity index (χ1) is 20.3. The Bertz CT molecular complexity index is 1420. The maximum Gasteiger partial charge on any atom is 1.00 e. The van der Waals surface area contributed by atoms with Crippen molar-refractivity contribution in [3.63, 3.8) is 0 Å². The van der Waals surface area contributed by atoms with Gasteiger partial charge in [0.25, 0.3) is 11.8 Å². The van der Waals surface area contributed by atoms with Crippen molar-refractivity contribution in [3.05, 3.63) is 71.3 Å². The number of benzene rings is 2. The maximum atomic E-state index is 13.8. The number of nitrogens with zero attached hydrogens (tertiary/aromatic N) is 1. The monoisotopic (exact) mass is 638 g/mol. The van der Waals surface area contributed by atoms with Crippen LogP contribution >= 0.6 is 0 Å². The zero-order valence-electron chi connectivity index (χ0n) is 24.8. The third kappa shape index (κ3) is 10.2. The number of imide groups is 1. The first kappa shape index (κ1) is 37.0. The Balaban J connectivity index is 0.00000675. The van der Waals surface area contributed by atoms with Crippen LogP contribution in [0.2, 0.25) is 0 Å². The molecule has 15 heteroatoms. The molecule has 1 aliphatic heterocycles. The van der Waals surface area contributed by atoms with Crippen LogP contribution in [0.1, 0.15) is 53.0 Å². The van der Waals surface area contributed by atoms with Gasteiger partial charge >= 0.3 is 29.6 Å². The Hall–Kier alpha value is -3.14. The topological polar surface area (TPSA) is 202 Å². The van der Waals surface area contributed by atoms with Crippen molar-refractivity contribution in [2.75, 3.05) is 18.8 Å². The second kappa shape index (κ2) is 16.8. The Morgan fingerprint density at radius 3 is 1.98 bits per heavy atom. The fourth-order valence-electron chi connectivity index (χ4n) is 4.96. The molecule has 44 heavy (non-hydrogen) atoms. The minimum absolute atomic E-state index is 0. The van der Waals surface area contributed by atoms with Crippen LogP contribution in [0.3, 0.4) is 0 Å². The predicted molar refractivity (Wildman–Crippen MR) is 152 cm³/mol. The number of hydrogen-bond donors (Lipinski definition) is 4. The van der Waals surface area contributed by atoms with Gasteiger partial charge in [-0.05, 0) is 36.5 Å². The van der Waals surface area contributed by atoms with Gasteiger partial charge in [-0.2, -0.15) is 0 Å². The van der Waals surface area contributed by atoms with Crippen molar-refractivity contribution in [1.82, 2.24) is 21.0 Å². The van der Waals surface area contributed by atoms with Gasteiger partial charge in [-0.15, -0.1) is 0 Å². The fraction of sp³-hybridized carbons (Fsp3) is 0.414. The van der Waals surface area contributed by atoms with E-state index in [1.165, 1.54) is 17.6 Å². The molecule has 1 unspecified atom stereocenters. The summed E-state index contributed by atoms with van der Waals surface area (Å²) in [5.74, 6) is -6.99. The van der Waals surface area contributed by atoms with Gasteiger partial charge in [0.15, 0.2) is 0 Å². The number of carbonyl (C=O) groups is 5. The molecule has 3 atom stereocenters. The van der Waals surface area contributed by atoms with E-state index in [1.54, 1.807) is 56.3 Å². The summed E-state index contributed by atoms with van der Waals surface area (Å²) in [5.41, 5.74) is 2.55. The minimum Gasteiger partial charge on any atom is -0.748 e. The molecule has 0 fully saturated rings. The van der Waals surface area contributed by atoms with Crippen molar-refractivity contribution in [3.8, 4) is 0 Å². The van der Waals surface area contributed by atoms with Crippen LogP contribution in [0.4, 0.5) is 0 Å². The summed E-state index contributed by atoms with van der Waals surface area (Å²) < 4.78 is 32.7. The molecule has 0 bridgehead atoms. The quantitative estimate of drug-likeness (QED) is 0.0419. The number of fused-ring (bicyclic) bond motifs is 1. The average molecular weight is 639 g/mol.